The first-order chi connectivity index (χ1) is 16.2. The van der Waals surface area contributed by atoms with E-state index < -0.39 is 24.2 Å². The molecule has 3 aromatic rings. The molecule has 1 aliphatic rings. The van der Waals surface area contributed by atoms with E-state index in [-0.39, 0.29) is 17.8 Å². The Bertz CT molecular complexity index is 1200. The molecule has 0 fully saturated rings. The van der Waals surface area contributed by atoms with Crippen molar-refractivity contribution in [3.63, 3.8) is 0 Å². The fraction of sp³-hybridized carbons (Fsp3) is 0.304. The van der Waals surface area contributed by atoms with Gasteiger partial charge in [-0.05, 0) is 29.8 Å². The molecular weight excluding hydrogens is 453 g/mol. The van der Waals surface area contributed by atoms with Gasteiger partial charge in [0.05, 0.1) is 39.3 Å². The second-order valence-electron chi connectivity index (χ2n) is 7.64. The number of fused-ring (bicyclic) bond motifs is 1. The monoisotopic (exact) mass is 476 g/mol. The molecule has 0 radical (unpaired) electrons. The highest BCUT2D eigenvalue weighted by atomic mass is 19.4. The molecule has 0 bridgehead atoms. The Morgan fingerprint density at radius 1 is 1.09 bits per heavy atom. The van der Waals surface area contributed by atoms with E-state index in [0.717, 1.165) is 10.9 Å². The number of nitrogens with one attached hydrogen (secondary N) is 2. The number of nitrogens with zero attached hydrogens (tertiary/aromatic N) is 2. The molecule has 1 aliphatic heterocycles. The highest BCUT2D eigenvalue weighted by Gasteiger charge is 2.47. The van der Waals surface area contributed by atoms with Crippen LogP contribution in [-0.2, 0) is 0 Å². The molecule has 2 heterocycles. The minimum atomic E-state index is -4.56. The lowest BCUT2D eigenvalue weighted by atomic mass is 9.96. The van der Waals surface area contributed by atoms with E-state index >= 15 is 0 Å². The van der Waals surface area contributed by atoms with Crippen LogP contribution in [0.15, 0.2) is 48.7 Å². The van der Waals surface area contributed by atoms with Crippen LogP contribution in [0.1, 0.15) is 34.4 Å². The Labute approximate surface area is 193 Å². The molecule has 180 valence electrons. The first-order valence-electron chi connectivity index (χ1n) is 10.3. The van der Waals surface area contributed by atoms with Crippen molar-refractivity contribution in [1.29, 1.82) is 0 Å². The van der Waals surface area contributed by atoms with E-state index in [2.05, 4.69) is 15.7 Å². The van der Waals surface area contributed by atoms with E-state index in [1.165, 1.54) is 21.3 Å². The zero-order chi connectivity index (χ0) is 24.5. The topological polar surface area (TPSA) is 86.6 Å². The Kier molecular flexibility index (Phi) is 6.27. The third kappa shape index (κ3) is 4.45. The number of benzene rings is 2. The highest BCUT2D eigenvalue weighted by Crippen LogP contribution is 2.44. The fourth-order valence-corrected chi connectivity index (χ4v) is 3.90. The van der Waals surface area contributed by atoms with Crippen LogP contribution in [0.2, 0.25) is 0 Å². The smallest absolute Gasteiger partial charge is 0.410 e. The molecule has 0 aliphatic carbocycles. The number of carbonyl (C=O) groups excluding carboxylic acids is 1. The molecule has 4 rings (SSSR count). The molecule has 0 spiro atoms. The van der Waals surface area contributed by atoms with Gasteiger partial charge in [0, 0.05) is 12.5 Å². The van der Waals surface area contributed by atoms with Crippen LogP contribution in [0, 0.1) is 0 Å². The van der Waals surface area contributed by atoms with Gasteiger partial charge in [0.2, 0.25) is 0 Å². The predicted molar refractivity (Wildman–Crippen MR) is 119 cm³/mol. The molecule has 8 nitrogen and oxygen atoms in total. The number of rotatable bonds is 6. The van der Waals surface area contributed by atoms with Crippen molar-refractivity contribution in [3.05, 3.63) is 59.8 Å². The number of methoxy groups -OCH3 is 3. The summed E-state index contributed by atoms with van der Waals surface area (Å²) in [7, 11) is 4.41. The van der Waals surface area contributed by atoms with Crippen molar-refractivity contribution >= 4 is 17.4 Å². The lowest BCUT2D eigenvalue weighted by molar-refractivity contribution is -0.173. The Balaban J connectivity index is 1.69. The second-order valence-corrected chi connectivity index (χ2v) is 7.64. The summed E-state index contributed by atoms with van der Waals surface area (Å²) in [5, 5.41) is 9.64. The lowest BCUT2D eigenvalue weighted by Gasteiger charge is -2.34. The molecule has 2 atom stereocenters. The van der Waals surface area contributed by atoms with Gasteiger partial charge in [-0.1, -0.05) is 12.1 Å². The molecule has 1 aromatic heterocycles. The van der Waals surface area contributed by atoms with Gasteiger partial charge in [-0.2, -0.15) is 18.3 Å². The summed E-state index contributed by atoms with van der Waals surface area (Å²) in [6, 6.07) is 8.96. The van der Waals surface area contributed by atoms with Gasteiger partial charge in [-0.3, -0.25) is 4.79 Å². The van der Waals surface area contributed by atoms with Crippen molar-refractivity contribution in [2.45, 2.75) is 24.7 Å². The highest BCUT2D eigenvalue weighted by molar-refractivity contribution is 6.08. The number of hydrogen-bond donors (Lipinski definition) is 2. The van der Waals surface area contributed by atoms with E-state index in [0.29, 0.717) is 28.5 Å². The summed E-state index contributed by atoms with van der Waals surface area (Å²) >= 11 is 0. The van der Waals surface area contributed by atoms with E-state index in [1.54, 1.807) is 42.5 Å². The number of amides is 1. The van der Waals surface area contributed by atoms with Crippen molar-refractivity contribution < 1.29 is 32.2 Å². The third-order valence-electron chi connectivity index (χ3n) is 5.64. The quantitative estimate of drug-likeness (QED) is 0.531. The van der Waals surface area contributed by atoms with Gasteiger partial charge in [-0.25, -0.2) is 4.68 Å². The van der Waals surface area contributed by atoms with E-state index in [1.807, 2.05) is 0 Å². The van der Waals surface area contributed by atoms with Gasteiger partial charge < -0.3 is 24.8 Å². The number of ether oxygens (including phenoxy) is 3. The van der Waals surface area contributed by atoms with Crippen molar-refractivity contribution in [3.8, 4) is 17.2 Å². The number of anilines is 2. The first-order valence-corrected chi connectivity index (χ1v) is 10.3. The minimum absolute atomic E-state index is 0.0219. The van der Waals surface area contributed by atoms with Crippen molar-refractivity contribution in [2.24, 2.45) is 0 Å². The van der Waals surface area contributed by atoms with Gasteiger partial charge >= 0.3 is 6.18 Å². The van der Waals surface area contributed by atoms with Crippen LogP contribution in [0.3, 0.4) is 0 Å². The van der Waals surface area contributed by atoms with Crippen LogP contribution in [-0.4, -0.2) is 43.2 Å². The Morgan fingerprint density at radius 3 is 2.50 bits per heavy atom. The molecule has 0 saturated heterocycles. The third-order valence-corrected chi connectivity index (χ3v) is 5.64. The summed E-state index contributed by atoms with van der Waals surface area (Å²) in [5.41, 5.74) is 0.907. The lowest BCUT2D eigenvalue weighted by Crippen LogP contribution is -2.36. The van der Waals surface area contributed by atoms with Crippen molar-refractivity contribution in [1.82, 2.24) is 9.78 Å². The maximum absolute atomic E-state index is 13.9. The predicted octanol–water partition coefficient (Wildman–Crippen LogP) is 4.82. The SMILES string of the molecule is COc1cccc([C@H]2C[C@@H](C(F)(F)F)n3ncc(C(=O)Nc4ccc(OC)cc4OC)c3N2)c1. The number of carbonyl (C=O) groups is 1. The molecular formula is C23H23F3N4O4. The van der Waals surface area contributed by atoms with Gasteiger partial charge in [0.15, 0.2) is 6.04 Å². The van der Waals surface area contributed by atoms with Crippen molar-refractivity contribution in [2.75, 3.05) is 32.0 Å². The van der Waals surface area contributed by atoms with Crippen LogP contribution < -0.4 is 24.8 Å². The summed E-state index contributed by atoms with van der Waals surface area (Å²) in [4.78, 5) is 13.1. The summed E-state index contributed by atoms with van der Waals surface area (Å²) < 4.78 is 58.3. The second kappa shape index (κ2) is 9.16. The number of halogens is 3. The number of aromatic nitrogens is 2. The van der Waals surface area contributed by atoms with E-state index in [9.17, 15) is 18.0 Å². The maximum atomic E-state index is 13.9. The first kappa shape index (κ1) is 23.3. The van der Waals surface area contributed by atoms with Crippen LogP contribution >= 0.6 is 0 Å². The Hall–Kier alpha value is -3.89. The average Bonchev–Trinajstić information content (AvgIpc) is 3.27. The molecule has 2 N–H and O–H groups in total. The Morgan fingerprint density at radius 2 is 1.82 bits per heavy atom. The summed E-state index contributed by atoms with van der Waals surface area (Å²) in [6.45, 7) is 0. The maximum Gasteiger partial charge on any atom is 0.410 e. The van der Waals surface area contributed by atoms with Crippen LogP contribution in [0.25, 0.3) is 0 Å². The molecule has 34 heavy (non-hydrogen) atoms. The molecule has 0 saturated carbocycles. The molecule has 11 heteroatoms. The average molecular weight is 476 g/mol. The number of hydrogen-bond acceptors (Lipinski definition) is 6. The van der Waals surface area contributed by atoms with E-state index in [4.69, 9.17) is 14.2 Å². The fourth-order valence-electron chi connectivity index (χ4n) is 3.90. The largest absolute Gasteiger partial charge is 0.497 e. The van der Waals surface area contributed by atoms with Gasteiger partial charge in [0.25, 0.3) is 5.91 Å². The zero-order valence-electron chi connectivity index (χ0n) is 18.6. The molecule has 2 aromatic carbocycles. The molecule has 0 unspecified atom stereocenters. The summed E-state index contributed by atoms with van der Waals surface area (Å²) in [5.74, 6) is 0.722. The van der Waals surface area contributed by atoms with Gasteiger partial charge in [0.1, 0.15) is 28.6 Å². The van der Waals surface area contributed by atoms with Crippen LogP contribution in [0.5, 0.6) is 17.2 Å². The van der Waals surface area contributed by atoms with Crippen LogP contribution in [0.4, 0.5) is 24.7 Å². The normalized spacial score (nSPS) is 17.4. The zero-order valence-corrected chi connectivity index (χ0v) is 18.6. The minimum Gasteiger partial charge on any atom is -0.497 e. The molecule has 1 amide bonds. The number of alkyl halides is 3. The van der Waals surface area contributed by atoms with Gasteiger partial charge in [-0.15, -0.1) is 0 Å². The summed E-state index contributed by atoms with van der Waals surface area (Å²) in [6.07, 6.45) is -3.73. The standard InChI is InChI=1S/C23H23F3N4O4/c1-32-14-6-4-5-13(9-14)18-11-20(23(24,25)26)30-21(28-18)16(12-27-30)22(31)29-17-8-7-15(33-2)10-19(17)34-3/h4-10,12,18,20,28H,11H2,1-3H3,(H,29,31)/t18-,20+/m1/s1.